The molecule has 1 atom stereocenters. The fraction of sp³-hybridized carbons (Fsp3) is 0.533. The predicted octanol–water partition coefficient (Wildman–Crippen LogP) is 3.70. The van der Waals surface area contributed by atoms with Crippen LogP contribution in [0.25, 0.3) is 0 Å². The second-order valence-corrected chi connectivity index (χ2v) is 6.29. The van der Waals surface area contributed by atoms with Crippen molar-refractivity contribution in [1.82, 2.24) is 4.90 Å². The molecule has 1 fully saturated rings. The van der Waals surface area contributed by atoms with Crippen LogP contribution in [0.1, 0.15) is 26.2 Å². The molecule has 0 saturated carbocycles. The number of carbonyl (C=O) groups is 1. The summed E-state index contributed by atoms with van der Waals surface area (Å²) in [6.45, 7) is 3.51. The van der Waals surface area contributed by atoms with E-state index in [1.165, 1.54) is 0 Å². The van der Waals surface area contributed by atoms with E-state index in [0.29, 0.717) is 35.4 Å². The highest BCUT2D eigenvalue weighted by Gasteiger charge is 2.40. The van der Waals surface area contributed by atoms with Crippen molar-refractivity contribution >= 4 is 29.2 Å². The maximum atomic E-state index is 11.5. The fourth-order valence-corrected chi connectivity index (χ4v) is 3.10. The van der Waals surface area contributed by atoms with E-state index in [1.54, 1.807) is 25.1 Å². The second kappa shape index (κ2) is 6.86. The molecule has 0 radical (unpaired) electrons. The van der Waals surface area contributed by atoms with E-state index in [0.717, 1.165) is 19.4 Å². The number of piperidine rings is 1. The van der Waals surface area contributed by atoms with Crippen LogP contribution in [0.15, 0.2) is 18.2 Å². The molecule has 1 saturated heterocycles. The number of benzene rings is 1. The number of likely N-dealkylation sites (tertiary alicyclic amines) is 1. The van der Waals surface area contributed by atoms with Crippen LogP contribution in [0.2, 0.25) is 10.0 Å². The minimum Gasteiger partial charge on any atom is -0.491 e. The highest BCUT2D eigenvalue weighted by Crippen LogP contribution is 2.29. The molecule has 1 unspecified atom stereocenters. The number of carboxylic acids is 1. The van der Waals surface area contributed by atoms with Gasteiger partial charge < -0.3 is 9.84 Å². The minimum absolute atomic E-state index is 0.393. The summed E-state index contributed by atoms with van der Waals surface area (Å²) >= 11 is 11.9. The predicted molar refractivity (Wildman–Crippen MR) is 83.4 cm³/mol. The summed E-state index contributed by atoms with van der Waals surface area (Å²) in [4.78, 5) is 13.5. The van der Waals surface area contributed by atoms with E-state index in [4.69, 9.17) is 27.9 Å². The Morgan fingerprint density at radius 3 is 2.86 bits per heavy atom. The van der Waals surface area contributed by atoms with Crippen LogP contribution in [0.3, 0.4) is 0 Å². The summed E-state index contributed by atoms with van der Waals surface area (Å²) < 4.78 is 5.64. The molecule has 0 aromatic heterocycles. The van der Waals surface area contributed by atoms with Gasteiger partial charge in [0.1, 0.15) is 17.9 Å². The monoisotopic (exact) mass is 331 g/mol. The number of nitrogens with zero attached hydrogens (tertiary/aromatic N) is 1. The lowest BCUT2D eigenvalue weighted by molar-refractivity contribution is -0.153. The van der Waals surface area contributed by atoms with E-state index in [9.17, 15) is 9.90 Å². The van der Waals surface area contributed by atoms with E-state index in [1.807, 2.05) is 4.90 Å². The Kier molecular flexibility index (Phi) is 5.36. The quantitative estimate of drug-likeness (QED) is 0.893. The molecule has 1 aliphatic rings. The van der Waals surface area contributed by atoms with Gasteiger partial charge in [-0.2, -0.15) is 0 Å². The van der Waals surface area contributed by atoms with Gasteiger partial charge in [-0.1, -0.05) is 23.2 Å². The molecule has 1 N–H and O–H groups in total. The third-order valence-electron chi connectivity index (χ3n) is 4.01. The number of rotatable bonds is 5. The standard InChI is InChI=1S/C15H19Cl2NO3/c1-15(14(19)20)6-2-3-7-18(15)8-9-21-13-5-4-11(16)10-12(13)17/h4-5,10H,2-3,6-9H2,1H3,(H,19,20). The molecule has 21 heavy (non-hydrogen) atoms. The molecular formula is C15H19Cl2NO3. The summed E-state index contributed by atoms with van der Waals surface area (Å²) in [6, 6.07) is 5.06. The third kappa shape index (κ3) is 3.82. The molecule has 6 heteroatoms. The maximum Gasteiger partial charge on any atom is 0.323 e. The zero-order valence-electron chi connectivity index (χ0n) is 11.9. The van der Waals surface area contributed by atoms with Crippen molar-refractivity contribution < 1.29 is 14.6 Å². The van der Waals surface area contributed by atoms with E-state index >= 15 is 0 Å². The Balaban J connectivity index is 1.94. The number of ether oxygens (including phenoxy) is 1. The SMILES string of the molecule is CC1(C(=O)O)CCCCN1CCOc1ccc(Cl)cc1Cl. The van der Waals surface area contributed by atoms with Crippen LogP contribution in [0.4, 0.5) is 0 Å². The number of hydrogen-bond acceptors (Lipinski definition) is 3. The Bertz CT molecular complexity index is 524. The van der Waals surface area contributed by atoms with Crippen molar-refractivity contribution in [2.24, 2.45) is 0 Å². The van der Waals surface area contributed by atoms with Crippen molar-refractivity contribution in [3.05, 3.63) is 28.2 Å². The first-order chi connectivity index (χ1) is 9.93. The highest BCUT2D eigenvalue weighted by atomic mass is 35.5. The first kappa shape index (κ1) is 16.4. The molecule has 2 rings (SSSR count). The number of carboxylic acid groups (broad SMARTS) is 1. The van der Waals surface area contributed by atoms with Crippen LogP contribution < -0.4 is 4.74 Å². The summed E-state index contributed by atoms with van der Waals surface area (Å²) in [5.41, 5.74) is -0.800. The van der Waals surface area contributed by atoms with Crippen LogP contribution >= 0.6 is 23.2 Å². The van der Waals surface area contributed by atoms with E-state index in [2.05, 4.69) is 0 Å². The number of halogens is 2. The molecule has 1 aromatic carbocycles. The molecule has 4 nitrogen and oxygen atoms in total. The smallest absolute Gasteiger partial charge is 0.323 e. The molecule has 1 aliphatic heterocycles. The summed E-state index contributed by atoms with van der Waals surface area (Å²) in [6.07, 6.45) is 2.64. The third-order valence-corrected chi connectivity index (χ3v) is 4.54. The van der Waals surface area contributed by atoms with Gasteiger partial charge in [0.15, 0.2) is 0 Å². The normalized spacial score (nSPS) is 23.0. The molecular weight excluding hydrogens is 313 g/mol. The van der Waals surface area contributed by atoms with Gasteiger partial charge in [0.2, 0.25) is 0 Å². The van der Waals surface area contributed by atoms with Crippen molar-refractivity contribution in [2.75, 3.05) is 19.7 Å². The second-order valence-electron chi connectivity index (χ2n) is 5.45. The van der Waals surface area contributed by atoms with Crippen LogP contribution in [0, 0.1) is 0 Å². The average Bonchev–Trinajstić information content (AvgIpc) is 2.43. The molecule has 1 aromatic rings. The Labute approximate surface area is 134 Å². The largest absolute Gasteiger partial charge is 0.491 e. The lowest BCUT2D eigenvalue weighted by Gasteiger charge is -2.41. The Morgan fingerprint density at radius 1 is 1.43 bits per heavy atom. The molecule has 0 aliphatic carbocycles. The first-order valence-corrected chi connectivity index (χ1v) is 7.75. The van der Waals surface area contributed by atoms with Crippen LogP contribution in [-0.4, -0.2) is 41.2 Å². The van der Waals surface area contributed by atoms with Crippen molar-refractivity contribution in [1.29, 1.82) is 0 Å². The van der Waals surface area contributed by atoms with Gasteiger partial charge in [-0.15, -0.1) is 0 Å². The van der Waals surface area contributed by atoms with E-state index in [-0.39, 0.29) is 0 Å². The zero-order chi connectivity index (χ0) is 15.5. The zero-order valence-corrected chi connectivity index (χ0v) is 13.5. The fourth-order valence-electron chi connectivity index (χ4n) is 2.64. The van der Waals surface area contributed by atoms with Gasteiger partial charge in [0, 0.05) is 11.6 Å². The summed E-state index contributed by atoms with van der Waals surface area (Å²) in [7, 11) is 0. The summed E-state index contributed by atoms with van der Waals surface area (Å²) in [5, 5.41) is 10.5. The highest BCUT2D eigenvalue weighted by molar-refractivity contribution is 6.35. The van der Waals surface area contributed by atoms with Gasteiger partial charge >= 0.3 is 5.97 Å². The van der Waals surface area contributed by atoms with Crippen molar-refractivity contribution in [3.8, 4) is 5.75 Å². The topological polar surface area (TPSA) is 49.8 Å². The lowest BCUT2D eigenvalue weighted by Crippen LogP contribution is -2.56. The lowest BCUT2D eigenvalue weighted by atomic mass is 9.88. The Hall–Kier alpha value is -0.970. The molecule has 0 amide bonds. The molecule has 116 valence electrons. The number of hydrogen-bond donors (Lipinski definition) is 1. The maximum absolute atomic E-state index is 11.5. The minimum atomic E-state index is -0.800. The first-order valence-electron chi connectivity index (χ1n) is 7.00. The van der Waals surface area contributed by atoms with Crippen molar-refractivity contribution in [2.45, 2.75) is 31.7 Å². The number of aliphatic carboxylic acids is 1. The van der Waals surface area contributed by atoms with Crippen molar-refractivity contribution in [3.63, 3.8) is 0 Å². The molecule has 0 bridgehead atoms. The van der Waals surface area contributed by atoms with Crippen LogP contribution in [-0.2, 0) is 4.79 Å². The van der Waals surface area contributed by atoms with Gasteiger partial charge in [-0.25, -0.2) is 0 Å². The average molecular weight is 332 g/mol. The van der Waals surface area contributed by atoms with Gasteiger partial charge in [0.05, 0.1) is 5.02 Å². The van der Waals surface area contributed by atoms with E-state index < -0.39 is 11.5 Å². The molecule has 1 heterocycles. The van der Waals surface area contributed by atoms with Gasteiger partial charge in [-0.3, -0.25) is 9.69 Å². The molecule has 0 spiro atoms. The van der Waals surface area contributed by atoms with Gasteiger partial charge in [0.25, 0.3) is 0 Å². The summed E-state index contributed by atoms with van der Waals surface area (Å²) in [5.74, 6) is -0.207. The Morgan fingerprint density at radius 2 is 2.19 bits per heavy atom. The van der Waals surface area contributed by atoms with Crippen LogP contribution in [0.5, 0.6) is 5.75 Å². The van der Waals surface area contributed by atoms with Gasteiger partial charge in [-0.05, 0) is 50.9 Å².